The summed E-state index contributed by atoms with van der Waals surface area (Å²) in [4.78, 5) is 1.30. The SMILES string of the molecule is Clc1sc(CC2CO2)cc1Br. The van der Waals surface area contributed by atoms with Gasteiger partial charge in [0.15, 0.2) is 0 Å². The molecule has 0 bridgehead atoms. The van der Waals surface area contributed by atoms with Gasteiger partial charge in [-0.2, -0.15) is 0 Å². The van der Waals surface area contributed by atoms with Gasteiger partial charge in [-0.3, -0.25) is 0 Å². The number of hydrogen-bond acceptors (Lipinski definition) is 2. The molecule has 1 aromatic rings. The molecule has 1 atom stereocenters. The Morgan fingerprint density at radius 1 is 1.82 bits per heavy atom. The highest BCUT2D eigenvalue weighted by Crippen LogP contribution is 2.33. The molecule has 1 saturated heterocycles. The van der Waals surface area contributed by atoms with Crippen molar-refractivity contribution in [2.45, 2.75) is 12.5 Å². The van der Waals surface area contributed by atoms with Gasteiger partial charge in [-0.15, -0.1) is 11.3 Å². The van der Waals surface area contributed by atoms with Crippen molar-refractivity contribution in [2.75, 3.05) is 6.61 Å². The minimum Gasteiger partial charge on any atom is -0.373 e. The van der Waals surface area contributed by atoms with E-state index in [2.05, 4.69) is 22.0 Å². The second-order valence-corrected chi connectivity index (χ2v) is 5.09. The summed E-state index contributed by atoms with van der Waals surface area (Å²) in [5, 5.41) is 0. The second kappa shape index (κ2) is 3.05. The lowest BCUT2D eigenvalue weighted by Crippen LogP contribution is -1.87. The molecule has 1 aliphatic heterocycles. The van der Waals surface area contributed by atoms with Gasteiger partial charge in [0.1, 0.15) is 4.34 Å². The minimum atomic E-state index is 0.455. The summed E-state index contributed by atoms with van der Waals surface area (Å²) in [6.45, 7) is 0.910. The van der Waals surface area contributed by atoms with Gasteiger partial charge >= 0.3 is 0 Å². The predicted molar refractivity (Wildman–Crippen MR) is 50.5 cm³/mol. The second-order valence-electron chi connectivity index (χ2n) is 2.49. The average molecular weight is 254 g/mol. The van der Waals surface area contributed by atoms with E-state index in [0.29, 0.717) is 6.10 Å². The standard InChI is InChI=1S/C7H6BrClOS/c8-6-2-5(11-7(6)9)1-4-3-10-4/h2,4H,1,3H2. The maximum atomic E-state index is 5.86. The Kier molecular flexibility index (Phi) is 2.23. The molecule has 2 rings (SSSR count). The molecule has 0 aromatic carbocycles. The van der Waals surface area contributed by atoms with Gasteiger partial charge in [0.25, 0.3) is 0 Å². The highest BCUT2D eigenvalue weighted by molar-refractivity contribution is 9.10. The number of epoxide rings is 1. The summed E-state index contributed by atoms with van der Waals surface area (Å²) in [5.74, 6) is 0. The number of hydrogen-bond donors (Lipinski definition) is 0. The van der Waals surface area contributed by atoms with Crippen LogP contribution < -0.4 is 0 Å². The zero-order chi connectivity index (χ0) is 7.84. The molecule has 60 valence electrons. The van der Waals surface area contributed by atoms with Crippen molar-refractivity contribution in [1.29, 1.82) is 0 Å². The van der Waals surface area contributed by atoms with Crippen LogP contribution in [0, 0.1) is 0 Å². The molecule has 1 unspecified atom stereocenters. The lowest BCUT2D eigenvalue weighted by Gasteiger charge is -1.86. The molecule has 2 heterocycles. The molecule has 1 nitrogen and oxygen atoms in total. The quantitative estimate of drug-likeness (QED) is 0.738. The first-order valence-corrected chi connectivity index (χ1v) is 5.30. The number of ether oxygens (including phenoxy) is 1. The molecule has 0 amide bonds. The van der Waals surface area contributed by atoms with Crippen LogP contribution in [0.25, 0.3) is 0 Å². The van der Waals surface area contributed by atoms with E-state index in [4.69, 9.17) is 16.3 Å². The van der Waals surface area contributed by atoms with E-state index >= 15 is 0 Å². The topological polar surface area (TPSA) is 12.5 Å². The van der Waals surface area contributed by atoms with Gasteiger partial charge in [-0.25, -0.2) is 0 Å². The van der Waals surface area contributed by atoms with Crippen LogP contribution in [-0.2, 0) is 11.2 Å². The smallest absolute Gasteiger partial charge is 0.107 e. The van der Waals surface area contributed by atoms with Gasteiger partial charge in [0, 0.05) is 15.8 Å². The van der Waals surface area contributed by atoms with Crippen LogP contribution in [0.4, 0.5) is 0 Å². The van der Waals surface area contributed by atoms with E-state index in [1.54, 1.807) is 11.3 Å². The van der Waals surface area contributed by atoms with E-state index in [-0.39, 0.29) is 0 Å². The molecule has 0 radical (unpaired) electrons. The fraction of sp³-hybridized carbons (Fsp3) is 0.429. The first-order valence-electron chi connectivity index (χ1n) is 3.31. The van der Waals surface area contributed by atoms with Crippen LogP contribution in [0.2, 0.25) is 4.34 Å². The van der Waals surface area contributed by atoms with Crippen molar-refractivity contribution in [3.63, 3.8) is 0 Å². The van der Waals surface area contributed by atoms with Crippen molar-refractivity contribution in [3.8, 4) is 0 Å². The Morgan fingerprint density at radius 2 is 2.55 bits per heavy atom. The normalized spacial score (nSPS) is 22.2. The molecular formula is C7H6BrClOS. The summed E-state index contributed by atoms with van der Waals surface area (Å²) < 4.78 is 6.94. The van der Waals surface area contributed by atoms with Gasteiger partial charge in [0.05, 0.1) is 12.7 Å². The zero-order valence-electron chi connectivity index (χ0n) is 5.64. The van der Waals surface area contributed by atoms with E-state index < -0.39 is 0 Å². The Morgan fingerprint density at radius 3 is 3.00 bits per heavy atom. The van der Waals surface area contributed by atoms with Gasteiger partial charge in [-0.05, 0) is 22.0 Å². The molecule has 0 saturated carbocycles. The third-order valence-electron chi connectivity index (χ3n) is 1.53. The fourth-order valence-corrected chi connectivity index (χ4v) is 2.76. The fourth-order valence-electron chi connectivity index (χ4n) is 0.902. The maximum absolute atomic E-state index is 5.86. The van der Waals surface area contributed by atoms with Gasteiger partial charge in [-0.1, -0.05) is 11.6 Å². The van der Waals surface area contributed by atoms with Crippen molar-refractivity contribution < 1.29 is 4.74 Å². The summed E-state index contributed by atoms with van der Waals surface area (Å²) in [6.07, 6.45) is 1.47. The third kappa shape index (κ3) is 1.96. The van der Waals surface area contributed by atoms with Crippen LogP contribution in [0.1, 0.15) is 4.88 Å². The molecule has 4 heteroatoms. The Labute approximate surface area is 82.4 Å². The molecular weight excluding hydrogens is 247 g/mol. The highest BCUT2D eigenvalue weighted by atomic mass is 79.9. The lowest BCUT2D eigenvalue weighted by molar-refractivity contribution is 0.408. The van der Waals surface area contributed by atoms with E-state index in [9.17, 15) is 0 Å². The summed E-state index contributed by atoms with van der Waals surface area (Å²) in [6, 6.07) is 2.06. The molecule has 0 aliphatic carbocycles. The number of thiophene rings is 1. The number of halogens is 2. The van der Waals surface area contributed by atoms with Crippen molar-refractivity contribution in [3.05, 3.63) is 19.8 Å². The Hall–Kier alpha value is 0.430. The zero-order valence-corrected chi connectivity index (χ0v) is 8.80. The molecule has 0 spiro atoms. The molecule has 11 heavy (non-hydrogen) atoms. The predicted octanol–water partition coefficient (Wildman–Crippen LogP) is 3.11. The highest BCUT2D eigenvalue weighted by Gasteiger charge is 2.23. The lowest BCUT2D eigenvalue weighted by atomic mass is 10.3. The Bertz CT molecular complexity index is 250. The summed E-state index contributed by atoms with van der Waals surface area (Å²) in [7, 11) is 0. The largest absolute Gasteiger partial charge is 0.373 e. The third-order valence-corrected chi connectivity index (χ3v) is 4.02. The minimum absolute atomic E-state index is 0.455. The Balaban J connectivity index is 2.11. The van der Waals surface area contributed by atoms with Crippen LogP contribution in [0.5, 0.6) is 0 Å². The molecule has 0 N–H and O–H groups in total. The van der Waals surface area contributed by atoms with Crippen LogP contribution >= 0.6 is 38.9 Å². The van der Waals surface area contributed by atoms with Crippen molar-refractivity contribution in [1.82, 2.24) is 0 Å². The van der Waals surface area contributed by atoms with E-state index in [1.165, 1.54) is 4.88 Å². The number of rotatable bonds is 2. The first-order chi connectivity index (χ1) is 5.25. The molecule has 1 aliphatic rings. The van der Waals surface area contributed by atoms with Crippen LogP contribution in [0.15, 0.2) is 10.5 Å². The van der Waals surface area contributed by atoms with Crippen molar-refractivity contribution in [2.24, 2.45) is 0 Å². The van der Waals surface area contributed by atoms with Gasteiger partial charge < -0.3 is 4.74 Å². The van der Waals surface area contributed by atoms with Gasteiger partial charge in [0.2, 0.25) is 0 Å². The summed E-state index contributed by atoms with van der Waals surface area (Å²) in [5.41, 5.74) is 0. The van der Waals surface area contributed by atoms with Crippen LogP contribution in [-0.4, -0.2) is 12.7 Å². The van der Waals surface area contributed by atoms with Crippen LogP contribution in [0.3, 0.4) is 0 Å². The summed E-state index contributed by atoms with van der Waals surface area (Å²) >= 11 is 10.8. The van der Waals surface area contributed by atoms with E-state index in [0.717, 1.165) is 21.8 Å². The molecule has 1 aromatic heterocycles. The first kappa shape index (κ1) is 8.05. The maximum Gasteiger partial charge on any atom is 0.107 e. The average Bonchev–Trinajstić information content (AvgIpc) is 2.65. The monoisotopic (exact) mass is 252 g/mol. The molecule has 1 fully saturated rings. The van der Waals surface area contributed by atoms with Crippen molar-refractivity contribution >= 4 is 38.9 Å². The van der Waals surface area contributed by atoms with E-state index in [1.807, 2.05) is 0 Å².